The molecule has 3 aromatic carbocycles. The van der Waals surface area contributed by atoms with Gasteiger partial charge in [0.15, 0.2) is 11.6 Å². The maximum Gasteiger partial charge on any atom is 0.224 e. The van der Waals surface area contributed by atoms with Crippen molar-refractivity contribution in [1.29, 1.82) is 0 Å². The lowest BCUT2D eigenvalue weighted by Gasteiger charge is -2.28. The lowest BCUT2D eigenvalue weighted by atomic mass is 10.1. The lowest BCUT2D eigenvalue weighted by molar-refractivity contribution is -0.120. The van der Waals surface area contributed by atoms with Gasteiger partial charge >= 0.3 is 0 Å². The zero-order chi connectivity index (χ0) is 26.4. The predicted octanol–water partition coefficient (Wildman–Crippen LogP) is 4.86. The van der Waals surface area contributed by atoms with E-state index in [-0.39, 0.29) is 12.3 Å². The molecule has 1 amide bonds. The molecule has 39 heavy (non-hydrogen) atoms. The molecule has 196 valence electrons. The van der Waals surface area contributed by atoms with Crippen molar-refractivity contribution in [2.75, 3.05) is 36.5 Å². The van der Waals surface area contributed by atoms with E-state index in [1.54, 1.807) is 0 Å². The van der Waals surface area contributed by atoms with Gasteiger partial charge in [-0.1, -0.05) is 48.5 Å². The van der Waals surface area contributed by atoms with Gasteiger partial charge in [-0.25, -0.2) is 0 Å². The third-order valence-electron chi connectivity index (χ3n) is 6.89. The number of aromatic nitrogens is 3. The van der Waals surface area contributed by atoms with Crippen LogP contribution in [0.1, 0.15) is 11.1 Å². The van der Waals surface area contributed by atoms with E-state index in [9.17, 15) is 4.79 Å². The highest BCUT2D eigenvalue weighted by atomic mass is 16.5. The topological polar surface area (TPSA) is 84.3 Å². The standard InChI is InChI=1S/C31H30N6O2/c38-31(32-21-23-6-2-1-3-7-23)20-24-22-37(28-9-5-4-8-27(24)28)30-15-14-29(34-35-30)33-25-10-12-26(13-11-25)36-16-18-39-19-17-36/h1-15,22H,16-21H2,(H,32,38)(H,33,34). The number of fused-ring (bicyclic) bond motifs is 1. The van der Waals surface area contributed by atoms with Crippen molar-refractivity contribution < 1.29 is 9.53 Å². The highest BCUT2D eigenvalue weighted by Crippen LogP contribution is 2.26. The number of morpholine rings is 1. The van der Waals surface area contributed by atoms with Crippen molar-refractivity contribution in [3.8, 4) is 5.82 Å². The monoisotopic (exact) mass is 518 g/mol. The second-order valence-corrected chi connectivity index (χ2v) is 9.53. The molecule has 6 rings (SSSR count). The number of benzene rings is 3. The Morgan fingerprint density at radius 1 is 0.846 bits per heavy atom. The summed E-state index contributed by atoms with van der Waals surface area (Å²) in [5.74, 6) is 1.33. The number of rotatable bonds is 8. The van der Waals surface area contributed by atoms with Crippen LogP contribution in [0.25, 0.3) is 16.7 Å². The number of hydrogen-bond donors (Lipinski definition) is 2. The molecule has 0 spiro atoms. The summed E-state index contributed by atoms with van der Waals surface area (Å²) >= 11 is 0. The summed E-state index contributed by atoms with van der Waals surface area (Å²) in [7, 11) is 0. The Hall–Kier alpha value is -4.69. The van der Waals surface area contributed by atoms with Crippen molar-refractivity contribution >= 4 is 34.0 Å². The first-order chi connectivity index (χ1) is 19.2. The SMILES string of the molecule is O=C(Cc1cn(-c2ccc(Nc3ccc(N4CCOCC4)cc3)nn2)c2ccccc12)NCc1ccccc1. The molecule has 0 radical (unpaired) electrons. The van der Waals surface area contributed by atoms with E-state index in [1.807, 2.05) is 77.5 Å². The molecule has 1 saturated heterocycles. The van der Waals surface area contributed by atoms with Gasteiger partial charge in [0.25, 0.3) is 0 Å². The maximum atomic E-state index is 12.7. The molecule has 1 aliphatic heterocycles. The maximum absolute atomic E-state index is 12.7. The molecule has 0 bridgehead atoms. The molecule has 0 atom stereocenters. The van der Waals surface area contributed by atoms with Gasteiger partial charge in [-0.2, -0.15) is 0 Å². The number of carbonyl (C=O) groups excluding carboxylic acids is 1. The first-order valence-corrected chi connectivity index (χ1v) is 13.2. The molecule has 2 aromatic heterocycles. The van der Waals surface area contributed by atoms with Crippen molar-refractivity contribution in [1.82, 2.24) is 20.1 Å². The van der Waals surface area contributed by atoms with Crippen LogP contribution in [-0.2, 0) is 22.5 Å². The van der Waals surface area contributed by atoms with Gasteiger partial charge in [0.1, 0.15) is 0 Å². The van der Waals surface area contributed by atoms with Crippen LogP contribution in [-0.4, -0.2) is 47.0 Å². The Labute approximate surface area is 227 Å². The molecule has 1 aliphatic rings. The van der Waals surface area contributed by atoms with Crippen LogP contribution in [0.5, 0.6) is 0 Å². The number of nitrogens with one attached hydrogen (secondary N) is 2. The molecular formula is C31H30N6O2. The first-order valence-electron chi connectivity index (χ1n) is 13.2. The molecule has 1 fully saturated rings. The van der Waals surface area contributed by atoms with E-state index in [4.69, 9.17) is 4.74 Å². The fraction of sp³-hybridized carbons (Fsp3) is 0.194. The third kappa shape index (κ3) is 5.76. The molecule has 0 saturated carbocycles. The fourth-order valence-electron chi connectivity index (χ4n) is 4.86. The van der Waals surface area contributed by atoms with Crippen molar-refractivity contribution in [2.24, 2.45) is 0 Å². The largest absolute Gasteiger partial charge is 0.378 e. The Bertz CT molecular complexity index is 1540. The number of amides is 1. The van der Waals surface area contributed by atoms with Crippen molar-refractivity contribution in [2.45, 2.75) is 13.0 Å². The van der Waals surface area contributed by atoms with E-state index < -0.39 is 0 Å². The number of nitrogens with zero attached hydrogens (tertiary/aromatic N) is 4. The van der Waals surface area contributed by atoms with Crippen LogP contribution < -0.4 is 15.5 Å². The summed E-state index contributed by atoms with van der Waals surface area (Å²) in [4.78, 5) is 15.1. The van der Waals surface area contributed by atoms with Crippen LogP contribution in [0.4, 0.5) is 17.2 Å². The highest BCUT2D eigenvalue weighted by molar-refractivity contribution is 5.90. The number of hydrogen-bond acceptors (Lipinski definition) is 6. The van der Waals surface area contributed by atoms with Crippen LogP contribution in [0.15, 0.2) is 97.2 Å². The zero-order valence-corrected chi connectivity index (χ0v) is 21.6. The van der Waals surface area contributed by atoms with Gasteiger partial charge in [-0.15, -0.1) is 10.2 Å². The minimum absolute atomic E-state index is 0.0213. The molecule has 0 unspecified atom stereocenters. The molecule has 8 heteroatoms. The van der Waals surface area contributed by atoms with Crippen LogP contribution in [0.2, 0.25) is 0 Å². The minimum atomic E-state index is -0.0213. The smallest absolute Gasteiger partial charge is 0.224 e. The third-order valence-corrected chi connectivity index (χ3v) is 6.89. The summed E-state index contributed by atoms with van der Waals surface area (Å²) < 4.78 is 7.43. The lowest BCUT2D eigenvalue weighted by Crippen LogP contribution is -2.36. The number of ether oxygens (including phenoxy) is 1. The van der Waals surface area contributed by atoms with E-state index in [0.29, 0.717) is 18.2 Å². The minimum Gasteiger partial charge on any atom is -0.378 e. The Kier molecular flexibility index (Phi) is 7.18. The van der Waals surface area contributed by atoms with E-state index in [1.165, 1.54) is 5.69 Å². The highest BCUT2D eigenvalue weighted by Gasteiger charge is 2.14. The van der Waals surface area contributed by atoms with Crippen LogP contribution in [0, 0.1) is 0 Å². The van der Waals surface area contributed by atoms with Crippen molar-refractivity contribution in [3.63, 3.8) is 0 Å². The van der Waals surface area contributed by atoms with Crippen molar-refractivity contribution in [3.05, 3.63) is 108 Å². The van der Waals surface area contributed by atoms with E-state index in [2.05, 4.69) is 50.0 Å². The summed E-state index contributed by atoms with van der Waals surface area (Å²) in [6.45, 7) is 3.86. The van der Waals surface area contributed by atoms with E-state index in [0.717, 1.165) is 54.0 Å². The molecular weight excluding hydrogens is 488 g/mol. The summed E-state index contributed by atoms with van der Waals surface area (Å²) in [5, 5.41) is 16.3. The summed E-state index contributed by atoms with van der Waals surface area (Å²) in [6.07, 6.45) is 2.27. The Balaban J connectivity index is 1.15. The molecule has 8 nitrogen and oxygen atoms in total. The fourth-order valence-corrected chi connectivity index (χ4v) is 4.86. The summed E-state index contributed by atoms with van der Waals surface area (Å²) in [5.41, 5.74) is 5.14. The van der Waals surface area contributed by atoms with Gasteiger partial charge in [-0.05, 0) is 53.6 Å². The second kappa shape index (κ2) is 11.4. The van der Waals surface area contributed by atoms with Gasteiger partial charge in [0.05, 0.1) is 25.2 Å². The number of para-hydroxylation sites is 1. The van der Waals surface area contributed by atoms with Gasteiger partial charge in [-0.3, -0.25) is 9.36 Å². The first kappa shape index (κ1) is 24.6. The Morgan fingerprint density at radius 2 is 1.62 bits per heavy atom. The van der Waals surface area contributed by atoms with Crippen LogP contribution in [0.3, 0.4) is 0 Å². The molecule has 0 aliphatic carbocycles. The molecule has 2 N–H and O–H groups in total. The average Bonchev–Trinajstić information content (AvgIpc) is 3.36. The predicted molar refractivity (Wildman–Crippen MR) is 154 cm³/mol. The van der Waals surface area contributed by atoms with Gasteiger partial charge in [0.2, 0.25) is 5.91 Å². The normalized spacial score (nSPS) is 13.4. The molecule has 3 heterocycles. The zero-order valence-electron chi connectivity index (χ0n) is 21.6. The van der Waals surface area contributed by atoms with Gasteiger partial charge < -0.3 is 20.3 Å². The number of carbonyl (C=O) groups is 1. The molecule has 5 aromatic rings. The second-order valence-electron chi connectivity index (χ2n) is 9.53. The summed E-state index contributed by atoms with van der Waals surface area (Å²) in [6, 6.07) is 30.1. The van der Waals surface area contributed by atoms with E-state index >= 15 is 0 Å². The average molecular weight is 519 g/mol. The number of anilines is 3. The Morgan fingerprint density at radius 3 is 2.38 bits per heavy atom. The van der Waals surface area contributed by atoms with Gasteiger partial charge in [0, 0.05) is 42.6 Å². The quantitative estimate of drug-likeness (QED) is 0.305. The van der Waals surface area contributed by atoms with Crippen LogP contribution >= 0.6 is 0 Å².